The number of amides is 2. The molecule has 2 aliphatic carbocycles. The second-order valence-corrected chi connectivity index (χ2v) is 16.7. The fraction of sp³-hybridized carbons (Fsp3) is 0.625. The Kier molecular flexibility index (Phi) is 10.4. The van der Waals surface area contributed by atoms with Crippen molar-refractivity contribution >= 4 is 28.6 Å². The highest BCUT2D eigenvalue weighted by Crippen LogP contribution is 2.46. The molecule has 1 spiro atoms. The van der Waals surface area contributed by atoms with E-state index in [-0.39, 0.29) is 17.6 Å². The molecule has 4 fully saturated rings. The molecule has 3 heterocycles. The zero-order chi connectivity index (χ0) is 36.6. The zero-order valence-corrected chi connectivity index (χ0v) is 30.9. The normalized spacial score (nSPS) is 23.2. The number of aromatic nitrogens is 2. The van der Waals surface area contributed by atoms with E-state index in [1.807, 2.05) is 25.7 Å². The van der Waals surface area contributed by atoms with Gasteiger partial charge in [0.25, 0.3) is 5.91 Å². The SMILES string of the molecule is CC(C)(C)OC(=O)N1CCC2(CCC(N3CCN(c4ccc5cn(C6CCC(CNC(=O)c7cc(F)c(O)c(F)c7)CC6)nc5c4)CC3)CC2)CC1. The summed E-state index contributed by atoms with van der Waals surface area (Å²) < 4.78 is 35.1. The molecule has 0 unspecified atom stereocenters. The molecule has 0 bridgehead atoms. The molecule has 3 aromatic rings. The third-order valence-corrected chi connectivity index (χ3v) is 12.2. The molecule has 52 heavy (non-hydrogen) atoms. The first kappa shape index (κ1) is 36.4. The number of benzene rings is 2. The number of rotatable bonds is 6. The van der Waals surface area contributed by atoms with Gasteiger partial charge in [-0.2, -0.15) is 5.10 Å². The number of carbonyl (C=O) groups excluding carboxylic acids is 2. The molecule has 7 rings (SSSR count). The Bertz CT molecular complexity index is 1720. The lowest BCUT2D eigenvalue weighted by atomic mass is 9.66. The Balaban J connectivity index is 0.849. The number of carbonyl (C=O) groups is 2. The number of phenolic OH excluding ortho intramolecular Hbond substituents is 1. The van der Waals surface area contributed by atoms with Crippen LogP contribution >= 0.6 is 0 Å². The molecule has 12 heteroatoms. The van der Waals surface area contributed by atoms with E-state index in [9.17, 15) is 23.5 Å². The van der Waals surface area contributed by atoms with Crippen molar-refractivity contribution < 1.29 is 28.2 Å². The van der Waals surface area contributed by atoms with Crippen LogP contribution in [-0.2, 0) is 4.74 Å². The largest absolute Gasteiger partial charge is 0.503 e. The Morgan fingerprint density at radius 1 is 0.885 bits per heavy atom. The van der Waals surface area contributed by atoms with Gasteiger partial charge in [0.1, 0.15) is 5.60 Å². The van der Waals surface area contributed by atoms with Gasteiger partial charge >= 0.3 is 6.09 Å². The van der Waals surface area contributed by atoms with Gasteiger partial charge in [0.15, 0.2) is 17.4 Å². The van der Waals surface area contributed by atoms with Crippen LogP contribution in [0, 0.1) is 23.0 Å². The molecule has 2 saturated carbocycles. The van der Waals surface area contributed by atoms with Crippen LogP contribution in [0.2, 0.25) is 0 Å². The topological polar surface area (TPSA) is 103 Å². The van der Waals surface area contributed by atoms with E-state index in [0.717, 1.165) is 101 Å². The zero-order valence-electron chi connectivity index (χ0n) is 30.9. The van der Waals surface area contributed by atoms with E-state index < -0.39 is 28.9 Å². The number of likely N-dealkylation sites (tertiary alicyclic amines) is 1. The van der Waals surface area contributed by atoms with Crippen molar-refractivity contribution in [1.82, 2.24) is 24.9 Å². The quantitative estimate of drug-likeness (QED) is 0.276. The summed E-state index contributed by atoms with van der Waals surface area (Å²) in [6.07, 6.45) is 12.9. The van der Waals surface area contributed by atoms with Crippen LogP contribution in [-0.4, -0.2) is 94.1 Å². The minimum Gasteiger partial charge on any atom is -0.503 e. The number of anilines is 1. The van der Waals surface area contributed by atoms with Crippen LogP contribution in [0.15, 0.2) is 36.5 Å². The maximum atomic E-state index is 13.7. The Labute approximate surface area is 305 Å². The van der Waals surface area contributed by atoms with E-state index in [4.69, 9.17) is 9.84 Å². The molecule has 0 atom stereocenters. The Morgan fingerprint density at radius 3 is 2.17 bits per heavy atom. The standard InChI is InChI=1S/C40H54F2N6O4/c1-39(2,3)52-38(51)47-16-14-40(15-17-47)12-10-30(11-13-40)45-18-20-46(21-19-45)32-9-6-28-26-48(44-35(28)24-32)31-7-4-27(5-8-31)25-43-37(50)29-22-33(41)36(49)34(42)23-29/h6,9,22-24,26-27,30-31,49H,4-5,7-8,10-21,25H2,1-3H3,(H,43,50). The summed E-state index contributed by atoms with van der Waals surface area (Å²) in [6.45, 7) is 12.0. The average molecular weight is 721 g/mol. The molecule has 0 radical (unpaired) electrons. The Hall–Kier alpha value is -3.93. The van der Waals surface area contributed by atoms with Gasteiger partial charge in [-0.05, 0) is 127 Å². The van der Waals surface area contributed by atoms with Gasteiger partial charge < -0.3 is 25.0 Å². The first-order valence-electron chi connectivity index (χ1n) is 19.3. The van der Waals surface area contributed by atoms with Gasteiger partial charge in [0, 0.05) is 74.7 Å². The third-order valence-electron chi connectivity index (χ3n) is 12.2. The molecular formula is C40H54F2N6O4. The summed E-state index contributed by atoms with van der Waals surface area (Å²) in [5.41, 5.74) is 2.03. The van der Waals surface area contributed by atoms with Crippen molar-refractivity contribution in [3.05, 3.63) is 53.7 Å². The fourth-order valence-corrected chi connectivity index (χ4v) is 8.97. The number of piperazine rings is 1. The smallest absolute Gasteiger partial charge is 0.410 e. The maximum absolute atomic E-state index is 13.7. The van der Waals surface area contributed by atoms with Crippen molar-refractivity contribution in [2.45, 2.75) is 103 Å². The number of aromatic hydroxyl groups is 1. The molecule has 2 saturated heterocycles. The number of fused-ring (bicyclic) bond motifs is 1. The number of phenols is 1. The van der Waals surface area contributed by atoms with E-state index in [0.29, 0.717) is 24.0 Å². The van der Waals surface area contributed by atoms with Gasteiger partial charge in [-0.25, -0.2) is 13.6 Å². The van der Waals surface area contributed by atoms with E-state index in [1.165, 1.54) is 31.4 Å². The highest BCUT2D eigenvalue weighted by Gasteiger charge is 2.41. The van der Waals surface area contributed by atoms with E-state index in [2.05, 4.69) is 44.2 Å². The lowest BCUT2D eigenvalue weighted by molar-refractivity contribution is -0.00279. The molecular weight excluding hydrogens is 666 g/mol. The van der Waals surface area contributed by atoms with E-state index >= 15 is 0 Å². The van der Waals surface area contributed by atoms with Crippen LogP contribution in [0.4, 0.5) is 19.3 Å². The van der Waals surface area contributed by atoms with Gasteiger partial charge in [-0.15, -0.1) is 0 Å². The first-order valence-corrected chi connectivity index (χ1v) is 19.3. The molecule has 2 N–H and O–H groups in total. The monoisotopic (exact) mass is 720 g/mol. The van der Waals surface area contributed by atoms with Crippen LogP contribution in [0.5, 0.6) is 5.75 Å². The minimum absolute atomic E-state index is 0.139. The molecule has 282 valence electrons. The van der Waals surface area contributed by atoms with Crippen LogP contribution in [0.25, 0.3) is 10.9 Å². The minimum atomic E-state index is -1.15. The summed E-state index contributed by atoms with van der Waals surface area (Å²) in [6, 6.07) is 9.29. The molecule has 2 aliphatic heterocycles. The highest BCUT2D eigenvalue weighted by molar-refractivity contribution is 5.94. The van der Waals surface area contributed by atoms with Crippen LogP contribution in [0.1, 0.15) is 101 Å². The number of ether oxygens (including phenoxy) is 1. The molecule has 4 aliphatic rings. The molecule has 2 aromatic carbocycles. The third kappa shape index (κ3) is 8.16. The second-order valence-electron chi connectivity index (χ2n) is 16.7. The van der Waals surface area contributed by atoms with Crippen molar-refractivity contribution in [3.8, 4) is 5.75 Å². The highest BCUT2D eigenvalue weighted by atomic mass is 19.1. The van der Waals surface area contributed by atoms with Gasteiger partial charge in [-0.3, -0.25) is 14.4 Å². The van der Waals surface area contributed by atoms with Gasteiger partial charge in [0.05, 0.1) is 11.6 Å². The summed E-state index contributed by atoms with van der Waals surface area (Å²) >= 11 is 0. The lowest BCUT2D eigenvalue weighted by Gasteiger charge is -2.49. The number of halogens is 2. The van der Waals surface area contributed by atoms with Crippen molar-refractivity contribution in [1.29, 1.82) is 0 Å². The average Bonchev–Trinajstić information content (AvgIpc) is 3.57. The van der Waals surface area contributed by atoms with Crippen molar-refractivity contribution in [2.24, 2.45) is 11.3 Å². The maximum Gasteiger partial charge on any atom is 0.410 e. The second kappa shape index (κ2) is 14.8. The predicted molar refractivity (Wildman–Crippen MR) is 197 cm³/mol. The number of nitrogens with one attached hydrogen (secondary N) is 1. The van der Waals surface area contributed by atoms with Crippen molar-refractivity contribution in [2.75, 3.05) is 50.7 Å². The van der Waals surface area contributed by atoms with Gasteiger partial charge in [-0.1, -0.05) is 0 Å². The predicted octanol–water partition coefficient (Wildman–Crippen LogP) is 7.26. The number of piperidine rings is 1. The summed E-state index contributed by atoms with van der Waals surface area (Å²) in [7, 11) is 0. The van der Waals surface area contributed by atoms with Gasteiger partial charge in [0.2, 0.25) is 0 Å². The lowest BCUT2D eigenvalue weighted by Crippen LogP contribution is -2.53. The van der Waals surface area contributed by atoms with Crippen molar-refractivity contribution in [3.63, 3.8) is 0 Å². The first-order chi connectivity index (χ1) is 24.8. The van der Waals surface area contributed by atoms with Crippen LogP contribution < -0.4 is 10.2 Å². The summed E-state index contributed by atoms with van der Waals surface area (Å²) in [4.78, 5) is 32.1. The molecule has 10 nitrogen and oxygen atoms in total. The number of nitrogens with zero attached hydrogens (tertiary/aromatic N) is 5. The Morgan fingerprint density at radius 2 is 1.54 bits per heavy atom. The summed E-state index contributed by atoms with van der Waals surface area (Å²) in [5, 5.41) is 18.2. The van der Waals surface area contributed by atoms with E-state index in [1.54, 1.807) is 0 Å². The summed E-state index contributed by atoms with van der Waals surface area (Å²) in [5.74, 6) is -3.63. The number of hydrogen-bond acceptors (Lipinski definition) is 7. The molecule has 2 amide bonds. The molecule has 1 aromatic heterocycles. The van der Waals surface area contributed by atoms with Crippen LogP contribution in [0.3, 0.4) is 0 Å². The number of hydrogen-bond donors (Lipinski definition) is 2. The fourth-order valence-electron chi connectivity index (χ4n) is 8.97.